The molecule has 20 heavy (non-hydrogen) atoms. The van der Waals surface area contributed by atoms with Crippen LogP contribution >= 0.6 is 0 Å². The summed E-state index contributed by atoms with van der Waals surface area (Å²) in [4.78, 5) is 8.42. The Labute approximate surface area is 115 Å². The number of nitrogens with zero attached hydrogens (tertiary/aromatic N) is 3. The van der Waals surface area contributed by atoms with Crippen molar-refractivity contribution in [3.8, 4) is 6.07 Å². The maximum Gasteiger partial charge on any atom is 0.154 e. The molecule has 0 spiro atoms. The molecule has 0 aliphatic carbocycles. The van der Waals surface area contributed by atoms with Crippen molar-refractivity contribution in [2.45, 2.75) is 0 Å². The zero-order chi connectivity index (χ0) is 13.9. The van der Waals surface area contributed by atoms with E-state index < -0.39 is 0 Å². The second-order valence-corrected chi connectivity index (χ2v) is 4.27. The highest BCUT2D eigenvalue weighted by Crippen LogP contribution is 2.25. The van der Waals surface area contributed by atoms with Gasteiger partial charge in [-0.1, -0.05) is 6.07 Å². The third-order valence-electron chi connectivity index (χ3n) is 2.98. The summed E-state index contributed by atoms with van der Waals surface area (Å²) in [5, 5.41) is 13.1. The lowest BCUT2D eigenvalue weighted by Gasteiger charge is -2.09. The molecule has 0 saturated carbocycles. The first-order chi connectivity index (χ1) is 9.78. The van der Waals surface area contributed by atoms with E-state index in [9.17, 15) is 0 Å². The van der Waals surface area contributed by atoms with Crippen LogP contribution in [-0.4, -0.2) is 9.97 Å². The van der Waals surface area contributed by atoms with Crippen LogP contribution in [-0.2, 0) is 0 Å². The zero-order valence-corrected chi connectivity index (χ0v) is 10.5. The summed E-state index contributed by atoms with van der Waals surface area (Å²) in [7, 11) is 0. The van der Waals surface area contributed by atoms with Gasteiger partial charge in [0.05, 0.1) is 16.8 Å². The van der Waals surface area contributed by atoms with Crippen molar-refractivity contribution in [3.05, 3.63) is 54.4 Å². The van der Waals surface area contributed by atoms with E-state index in [1.54, 1.807) is 18.5 Å². The van der Waals surface area contributed by atoms with Gasteiger partial charge >= 0.3 is 0 Å². The molecular formula is C15H11N5. The minimum absolute atomic E-state index is 0.348. The number of hydrogen-bond donors (Lipinski definition) is 2. The van der Waals surface area contributed by atoms with Crippen LogP contribution in [0.4, 0.5) is 17.2 Å². The molecule has 3 aromatic rings. The Bertz CT molecular complexity index is 820. The van der Waals surface area contributed by atoms with E-state index in [0.29, 0.717) is 17.1 Å². The van der Waals surface area contributed by atoms with E-state index in [0.717, 1.165) is 16.6 Å². The van der Waals surface area contributed by atoms with Crippen molar-refractivity contribution in [1.82, 2.24) is 9.97 Å². The Kier molecular flexibility index (Phi) is 2.90. The minimum atomic E-state index is 0.348. The van der Waals surface area contributed by atoms with Crippen molar-refractivity contribution in [2.24, 2.45) is 0 Å². The molecule has 0 aliphatic heterocycles. The quantitative estimate of drug-likeness (QED) is 0.740. The van der Waals surface area contributed by atoms with Crippen molar-refractivity contribution >= 4 is 28.1 Å². The number of anilines is 3. The van der Waals surface area contributed by atoms with Crippen molar-refractivity contribution in [1.29, 1.82) is 5.26 Å². The van der Waals surface area contributed by atoms with Gasteiger partial charge in [0.25, 0.3) is 0 Å². The van der Waals surface area contributed by atoms with Crippen LogP contribution in [0.1, 0.15) is 5.56 Å². The predicted octanol–water partition coefficient (Wildman–Crippen LogP) is 2.83. The van der Waals surface area contributed by atoms with Crippen molar-refractivity contribution < 1.29 is 0 Å². The number of fused-ring (bicyclic) bond motifs is 1. The maximum absolute atomic E-state index is 8.96. The van der Waals surface area contributed by atoms with Gasteiger partial charge in [-0.05, 0) is 30.3 Å². The van der Waals surface area contributed by atoms with E-state index >= 15 is 0 Å². The summed E-state index contributed by atoms with van der Waals surface area (Å²) in [6, 6.07) is 13.3. The van der Waals surface area contributed by atoms with Gasteiger partial charge in [-0.15, -0.1) is 0 Å². The lowest BCUT2D eigenvalue weighted by Crippen LogP contribution is -2.01. The highest BCUT2D eigenvalue weighted by molar-refractivity contribution is 5.84. The molecule has 0 amide bonds. The Morgan fingerprint density at radius 2 is 2.00 bits per heavy atom. The zero-order valence-electron chi connectivity index (χ0n) is 10.5. The van der Waals surface area contributed by atoms with E-state index in [-0.39, 0.29) is 0 Å². The Morgan fingerprint density at radius 1 is 1.10 bits per heavy atom. The lowest BCUT2D eigenvalue weighted by molar-refractivity contribution is 1.30. The van der Waals surface area contributed by atoms with Crippen LogP contribution in [0, 0.1) is 11.3 Å². The highest BCUT2D eigenvalue weighted by atomic mass is 15.0. The summed E-state index contributed by atoms with van der Waals surface area (Å²) in [6.07, 6.45) is 3.31. The number of nitrogens with one attached hydrogen (secondary N) is 1. The number of nitrogens with two attached hydrogens (primary N) is 1. The SMILES string of the molecule is N#Cc1ccnc(Nc2ccc3ncccc3c2)c1N. The smallest absolute Gasteiger partial charge is 0.154 e. The summed E-state index contributed by atoms with van der Waals surface area (Å²) >= 11 is 0. The van der Waals surface area contributed by atoms with Crippen LogP contribution in [0.5, 0.6) is 0 Å². The summed E-state index contributed by atoms with van der Waals surface area (Å²) in [5.41, 5.74) is 8.42. The molecular weight excluding hydrogens is 250 g/mol. The lowest BCUT2D eigenvalue weighted by atomic mass is 10.2. The van der Waals surface area contributed by atoms with Gasteiger partial charge in [0.15, 0.2) is 5.82 Å². The van der Waals surface area contributed by atoms with E-state index in [2.05, 4.69) is 15.3 Å². The van der Waals surface area contributed by atoms with Gasteiger partial charge in [0.1, 0.15) is 6.07 Å². The average Bonchev–Trinajstić information content (AvgIpc) is 2.49. The van der Waals surface area contributed by atoms with Crippen LogP contribution in [0.3, 0.4) is 0 Å². The second kappa shape index (κ2) is 4.86. The number of aromatic nitrogens is 2. The van der Waals surface area contributed by atoms with Crippen molar-refractivity contribution in [3.63, 3.8) is 0 Å². The van der Waals surface area contributed by atoms with Gasteiger partial charge in [-0.25, -0.2) is 4.98 Å². The first-order valence-electron chi connectivity index (χ1n) is 6.04. The molecule has 0 radical (unpaired) electrons. The molecule has 0 unspecified atom stereocenters. The topological polar surface area (TPSA) is 87.6 Å². The molecule has 0 atom stereocenters. The molecule has 5 heteroatoms. The van der Waals surface area contributed by atoms with E-state index in [4.69, 9.17) is 11.0 Å². The number of nitrogen functional groups attached to an aromatic ring is 1. The molecule has 1 aromatic carbocycles. The fraction of sp³-hybridized carbons (Fsp3) is 0. The predicted molar refractivity (Wildman–Crippen MR) is 78.4 cm³/mol. The number of rotatable bonds is 2. The fourth-order valence-corrected chi connectivity index (χ4v) is 1.96. The van der Waals surface area contributed by atoms with Gasteiger partial charge in [-0.2, -0.15) is 5.26 Å². The van der Waals surface area contributed by atoms with Gasteiger partial charge in [0.2, 0.25) is 0 Å². The minimum Gasteiger partial charge on any atom is -0.395 e. The molecule has 2 heterocycles. The number of nitriles is 1. The molecule has 3 rings (SSSR count). The van der Waals surface area contributed by atoms with Crippen LogP contribution in [0.15, 0.2) is 48.8 Å². The molecule has 0 saturated heterocycles. The van der Waals surface area contributed by atoms with Gasteiger partial charge < -0.3 is 11.1 Å². The Balaban J connectivity index is 1.99. The average molecular weight is 261 g/mol. The number of hydrogen-bond acceptors (Lipinski definition) is 5. The van der Waals surface area contributed by atoms with Crippen LogP contribution in [0.25, 0.3) is 10.9 Å². The Morgan fingerprint density at radius 3 is 2.85 bits per heavy atom. The highest BCUT2D eigenvalue weighted by Gasteiger charge is 2.06. The summed E-state index contributed by atoms with van der Waals surface area (Å²) in [5.74, 6) is 0.479. The fourth-order valence-electron chi connectivity index (χ4n) is 1.96. The molecule has 0 bridgehead atoms. The molecule has 0 aliphatic rings. The number of benzene rings is 1. The Hall–Kier alpha value is -3.13. The van der Waals surface area contributed by atoms with Crippen molar-refractivity contribution in [2.75, 3.05) is 11.1 Å². The number of pyridine rings is 2. The largest absolute Gasteiger partial charge is 0.395 e. The first kappa shape index (κ1) is 11.9. The third-order valence-corrected chi connectivity index (χ3v) is 2.98. The standard InChI is InChI=1S/C15H11N5/c16-9-11-5-7-19-15(14(11)17)20-12-3-4-13-10(8-12)2-1-6-18-13/h1-8H,17H2,(H,19,20). The maximum atomic E-state index is 8.96. The monoisotopic (exact) mass is 261 g/mol. The second-order valence-electron chi connectivity index (χ2n) is 4.27. The molecule has 96 valence electrons. The van der Waals surface area contributed by atoms with Gasteiger partial charge in [0, 0.05) is 23.5 Å². The normalized spacial score (nSPS) is 10.2. The molecule has 5 nitrogen and oxygen atoms in total. The summed E-state index contributed by atoms with van der Waals surface area (Å²) < 4.78 is 0. The molecule has 2 aromatic heterocycles. The molecule has 0 fully saturated rings. The van der Waals surface area contributed by atoms with Crippen LogP contribution in [0.2, 0.25) is 0 Å². The van der Waals surface area contributed by atoms with E-state index in [1.807, 2.05) is 36.4 Å². The van der Waals surface area contributed by atoms with E-state index in [1.165, 1.54) is 0 Å². The molecule has 3 N–H and O–H groups in total. The van der Waals surface area contributed by atoms with Gasteiger partial charge in [-0.3, -0.25) is 4.98 Å². The van der Waals surface area contributed by atoms with Crippen LogP contribution < -0.4 is 11.1 Å². The summed E-state index contributed by atoms with van der Waals surface area (Å²) in [6.45, 7) is 0. The third kappa shape index (κ3) is 2.10. The first-order valence-corrected chi connectivity index (χ1v) is 6.04.